The van der Waals surface area contributed by atoms with Crippen molar-refractivity contribution >= 4 is 26.0 Å². The van der Waals surface area contributed by atoms with Crippen LogP contribution in [0.25, 0.3) is 0 Å². The lowest BCUT2D eigenvalue weighted by Gasteiger charge is -2.27. The molecule has 0 aromatic heterocycles. The van der Waals surface area contributed by atoms with Gasteiger partial charge in [0.2, 0.25) is 10.0 Å². The first-order chi connectivity index (χ1) is 9.01. The molecule has 106 valence electrons. The van der Waals surface area contributed by atoms with Crippen LogP contribution < -0.4 is 5.32 Å². The van der Waals surface area contributed by atoms with Crippen LogP contribution in [0.3, 0.4) is 0 Å². The number of rotatable bonds is 4. The van der Waals surface area contributed by atoms with E-state index < -0.39 is 10.0 Å². The summed E-state index contributed by atoms with van der Waals surface area (Å²) in [7, 11) is -1.74. The highest BCUT2D eigenvalue weighted by Gasteiger charge is 2.26. The van der Waals surface area contributed by atoms with Crippen LogP contribution in [0.15, 0.2) is 33.6 Å². The Bertz CT molecular complexity index is 527. The molecule has 19 heavy (non-hydrogen) atoms. The number of piperidine rings is 1. The van der Waals surface area contributed by atoms with Crippen molar-refractivity contribution in [2.75, 3.05) is 26.7 Å². The maximum absolute atomic E-state index is 12.5. The number of sulfonamides is 1. The van der Waals surface area contributed by atoms with Crippen LogP contribution in [0.1, 0.15) is 12.8 Å². The Kier molecular flexibility index (Phi) is 5.00. The van der Waals surface area contributed by atoms with Crippen LogP contribution in [0, 0.1) is 5.92 Å². The van der Waals surface area contributed by atoms with Crippen molar-refractivity contribution in [1.29, 1.82) is 0 Å². The number of halogens is 1. The first kappa shape index (κ1) is 15.0. The van der Waals surface area contributed by atoms with E-state index >= 15 is 0 Å². The van der Waals surface area contributed by atoms with E-state index in [0.29, 0.717) is 21.8 Å². The van der Waals surface area contributed by atoms with Crippen molar-refractivity contribution in [3.05, 3.63) is 28.7 Å². The van der Waals surface area contributed by atoms with E-state index in [-0.39, 0.29) is 0 Å². The first-order valence-corrected chi connectivity index (χ1v) is 8.66. The predicted molar refractivity (Wildman–Crippen MR) is 79.6 cm³/mol. The molecule has 1 aliphatic rings. The number of nitrogens with zero attached hydrogens (tertiary/aromatic N) is 1. The fraction of sp³-hybridized carbons (Fsp3) is 0.538. The highest BCUT2D eigenvalue weighted by molar-refractivity contribution is 9.10. The molecule has 0 saturated carbocycles. The molecular formula is C13H19BrN2O2S. The van der Waals surface area contributed by atoms with Crippen LogP contribution >= 0.6 is 15.9 Å². The molecule has 0 amide bonds. The lowest BCUT2D eigenvalue weighted by atomic mass is 9.98. The third-order valence-corrected chi connectivity index (χ3v) is 6.33. The molecule has 1 aromatic rings. The third-order valence-electron chi connectivity index (χ3n) is 3.50. The number of hydrogen-bond donors (Lipinski definition) is 1. The molecule has 0 bridgehead atoms. The van der Waals surface area contributed by atoms with Gasteiger partial charge in [0, 0.05) is 18.1 Å². The molecule has 0 atom stereocenters. The molecular weight excluding hydrogens is 328 g/mol. The highest BCUT2D eigenvalue weighted by Crippen LogP contribution is 2.25. The van der Waals surface area contributed by atoms with E-state index in [1.165, 1.54) is 4.31 Å². The molecule has 1 fully saturated rings. The SMILES string of the molecule is CN(CC1CCNCC1)S(=O)(=O)c1ccccc1Br. The highest BCUT2D eigenvalue weighted by atomic mass is 79.9. The second kappa shape index (κ2) is 6.35. The van der Waals surface area contributed by atoms with E-state index in [1.807, 2.05) is 6.07 Å². The Morgan fingerprint density at radius 1 is 1.32 bits per heavy atom. The summed E-state index contributed by atoms with van der Waals surface area (Å²) in [6, 6.07) is 6.95. The normalized spacial score (nSPS) is 17.8. The van der Waals surface area contributed by atoms with Gasteiger partial charge in [-0.05, 0) is 59.9 Å². The Balaban J connectivity index is 2.13. The van der Waals surface area contributed by atoms with E-state index in [0.717, 1.165) is 25.9 Å². The lowest BCUT2D eigenvalue weighted by Crippen LogP contribution is -2.37. The summed E-state index contributed by atoms with van der Waals surface area (Å²) in [5, 5.41) is 3.29. The molecule has 1 aromatic carbocycles. The summed E-state index contributed by atoms with van der Waals surface area (Å²) in [5.41, 5.74) is 0. The summed E-state index contributed by atoms with van der Waals surface area (Å²) in [6.45, 7) is 2.55. The van der Waals surface area contributed by atoms with Gasteiger partial charge < -0.3 is 5.32 Å². The molecule has 0 aliphatic carbocycles. The van der Waals surface area contributed by atoms with Gasteiger partial charge >= 0.3 is 0 Å². The molecule has 4 nitrogen and oxygen atoms in total. The molecule has 1 aliphatic heterocycles. The van der Waals surface area contributed by atoms with Gasteiger partial charge in [-0.2, -0.15) is 0 Å². The molecule has 6 heteroatoms. The zero-order chi connectivity index (χ0) is 13.9. The summed E-state index contributed by atoms with van der Waals surface area (Å²) in [5.74, 6) is 0.448. The van der Waals surface area contributed by atoms with Crippen LogP contribution in [-0.2, 0) is 10.0 Å². The fourth-order valence-corrected chi connectivity index (χ4v) is 4.55. The van der Waals surface area contributed by atoms with Crippen LogP contribution in [0.2, 0.25) is 0 Å². The summed E-state index contributed by atoms with van der Waals surface area (Å²) in [6.07, 6.45) is 2.08. The van der Waals surface area contributed by atoms with Crippen molar-refractivity contribution < 1.29 is 8.42 Å². The second-order valence-corrected chi connectivity index (χ2v) is 7.78. The van der Waals surface area contributed by atoms with Gasteiger partial charge in [-0.25, -0.2) is 12.7 Å². The lowest BCUT2D eigenvalue weighted by molar-refractivity contribution is 0.311. The van der Waals surface area contributed by atoms with Gasteiger partial charge in [0.05, 0.1) is 4.90 Å². The topological polar surface area (TPSA) is 49.4 Å². The average molecular weight is 347 g/mol. The minimum atomic E-state index is -3.40. The molecule has 1 saturated heterocycles. The van der Waals surface area contributed by atoms with Crippen molar-refractivity contribution in [3.63, 3.8) is 0 Å². The van der Waals surface area contributed by atoms with E-state index in [4.69, 9.17) is 0 Å². The average Bonchev–Trinajstić information content (AvgIpc) is 2.40. The number of hydrogen-bond acceptors (Lipinski definition) is 3. The Morgan fingerprint density at radius 3 is 2.58 bits per heavy atom. The molecule has 2 rings (SSSR count). The molecule has 1 N–H and O–H groups in total. The van der Waals surface area contributed by atoms with Gasteiger partial charge in [0.25, 0.3) is 0 Å². The minimum Gasteiger partial charge on any atom is -0.317 e. The van der Waals surface area contributed by atoms with Crippen LogP contribution in [0.4, 0.5) is 0 Å². The number of benzene rings is 1. The van der Waals surface area contributed by atoms with Crippen molar-refractivity contribution in [2.24, 2.45) is 5.92 Å². The van der Waals surface area contributed by atoms with Gasteiger partial charge in [0.15, 0.2) is 0 Å². The monoisotopic (exact) mass is 346 g/mol. The zero-order valence-electron chi connectivity index (χ0n) is 11.0. The van der Waals surface area contributed by atoms with E-state index in [2.05, 4.69) is 21.2 Å². The van der Waals surface area contributed by atoms with Crippen LogP contribution in [0.5, 0.6) is 0 Å². The Labute approximate surface area is 123 Å². The van der Waals surface area contributed by atoms with Gasteiger partial charge in [-0.3, -0.25) is 0 Å². The largest absolute Gasteiger partial charge is 0.317 e. The maximum Gasteiger partial charge on any atom is 0.243 e. The van der Waals surface area contributed by atoms with Gasteiger partial charge in [-0.1, -0.05) is 12.1 Å². The maximum atomic E-state index is 12.5. The predicted octanol–water partition coefficient (Wildman–Crippen LogP) is 2.07. The quantitative estimate of drug-likeness (QED) is 0.907. The summed E-state index contributed by atoms with van der Waals surface area (Å²) < 4.78 is 27.1. The standard InChI is InChI=1S/C13H19BrN2O2S/c1-16(10-11-6-8-15-9-7-11)19(17,18)13-5-3-2-4-12(13)14/h2-5,11,15H,6-10H2,1H3. The summed E-state index contributed by atoms with van der Waals surface area (Å²) in [4.78, 5) is 0.339. The van der Waals surface area contributed by atoms with E-state index in [9.17, 15) is 8.42 Å². The number of nitrogens with one attached hydrogen (secondary N) is 1. The zero-order valence-corrected chi connectivity index (χ0v) is 13.4. The fourth-order valence-electron chi connectivity index (χ4n) is 2.35. The van der Waals surface area contributed by atoms with Crippen molar-refractivity contribution in [3.8, 4) is 0 Å². The Morgan fingerprint density at radius 2 is 1.95 bits per heavy atom. The van der Waals surface area contributed by atoms with E-state index in [1.54, 1.807) is 25.2 Å². The molecule has 0 radical (unpaired) electrons. The third kappa shape index (κ3) is 3.56. The first-order valence-electron chi connectivity index (χ1n) is 6.43. The molecule has 0 unspecified atom stereocenters. The molecule has 0 spiro atoms. The van der Waals surface area contributed by atoms with Gasteiger partial charge in [0.1, 0.15) is 0 Å². The summed E-state index contributed by atoms with van der Waals surface area (Å²) >= 11 is 3.31. The minimum absolute atomic E-state index is 0.339. The Hall–Kier alpha value is -0.430. The van der Waals surface area contributed by atoms with Crippen LogP contribution in [-0.4, -0.2) is 39.4 Å². The van der Waals surface area contributed by atoms with Crippen molar-refractivity contribution in [1.82, 2.24) is 9.62 Å². The smallest absolute Gasteiger partial charge is 0.243 e. The second-order valence-electron chi connectivity index (χ2n) is 4.91. The molecule has 1 heterocycles. The van der Waals surface area contributed by atoms with Gasteiger partial charge in [-0.15, -0.1) is 0 Å². The van der Waals surface area contributed by atoms with Crippen molar-refractivity contribution in [2.45, 2.75) is 17.7 Å².